The molecule has 0 bridgehead atoms. The third-order valence-electron chi connectivity index (χ3n) is 1.75. The molecule has 0 aliphatic heterocycles. The second kappa shape index (κ2) is 4.49. The Morgan fingerprint density at radius 1 is 1.53 bits per heavy atom. The van der Waals surface area contributed by atoms with Gasteiger partial charge in [-0.25, -0.2) is 8.42 Å². The van der Waals surface area contributed by atoms with Gasteiger partial charge in [-0.2, -0.15) is 5.26 Å². The number of nitriles is 1. The zero-order valence-electron chi connectivity index (χ0n) is 7.37. The topological polar surface area (TPSA) is 83.9 Å². The Labute approximate surface area is 100 Å². The predicted octanol–water partition coefficient (Wildman–Crippen LogP) is 1.71. The molecule has 1 aromatic rings. The molecule has 0 spiro atoms. The highest BCUT2D eigenvalue weighted by molar-refractivity contribution is 9.10. The van der Waals surface area contributed by atoms with E-state index in [1.165, 1.54) is 12.1 Å². The van der Waals surface area contributed by atoms with E-state index in [0.717, 1.165) is 0 Å². The summed E-state index contributed by atoms with van der Waals surface area (Å²) in [5.74, 6) is 0. The van der Waals surface area contributed by atoms with E-state index in [-0.39, 0.29) is 17.0 Å². The molecule has 0 aliphatic rings. The standard InChI is InChI=1S/C8H6BrClN2O2S/c9-7-2-8(15(10,13)14)6(4-12)1-5(7)3-11/h1-2H,3,11H2. The minimum Gasteiger partial charge on any atom is -0.326 e. The fourth-order valence-electron chi connectivity index (χ4n) is 1.05. The molecule has 0 unspecified atom stereocenters. The molecule has 2 N–H and O–H groups in total. The molecule has 15 heavy (non-hydrogen) atoms. The summed E-state index contributed by atoms with van der Waals surface area (Å²) in [6.45, 7) is 0.206. The molecule has 0 saturated heterocycles. The summed E-state index contributed by atoms with van der Waals surface area (Å²) in [6.07, 6.45) is 0. The van der Waals surface area contributed by atoms with Crippen molar-refractivity contribution in [3.8, 4) is 6.07 Å². The van der Waals surface area contributed by atoms with Crippen molar-refractivity contribution in [2.24, 2.45) is 5.73 Å². The van der Waals surface area contributed by atoms with E-state index >= 15 is 0 Å². The van der Waals surface area contributed by atoms with Crippen LogP contribution in [0.25, 0.3) is 0 Å². The number of nitrogens with two attached hydrogens (primary N) is 1. The molecule has 0 aliphatic carbocycles. The van der Waals surface area contributed by atoms with Crippen LogP contribution in [0.1, 0.15) is 11.1 Å². The molecule has 7 heteroatoms. The van der Waals surface area contributed by atoms with Crippen molar-refractivity contribution in [1.29, 1.82) is 5.26 Å². The second-order valence-electron chi connectivity index (χ2n) is 2.69. The molecule has 4 nitrogen and oxygen atoms in total. The molecule has 0 amide bonds. The molecule has 1 aromatic carbocycles. The molecular formula is C8H6BrClN2O2S. The van der Waals surface area contributed by atoms with Crippen LogP contribution in [0.5, 0.6) is 0 Å². The van der Waals surface area contributed by atoms with Crippen LogP contribution in [-0.2, 0) is 15.6 Å². The maximum atomic E-state index is 11.1. The summed E-state index contributed by atoms with van der Waals surface area (Å²) in [4.78, 5) is -0.212. The van der Waals surface area contributed by atoms with Crippen LogP contribution in [0, 0.1) is 11.3 Å². The van der Waals surface area contributed by atoms with E-state index in [1.807, 2.05) is 0 Å². The molecule has 0 heterocycles. The third kappa shape index (κ3) is 2.69. The molecule has 0 saturated carbocycles. The van der Waals surface area contributed by atoms with Gasteiger partial charge in [-0.05, 0) is 17.7 Å². The smallest absolute Gasteiger partial charge is 0.262 e. The minimum atomic E-state index is -3.91. The molecule has 1 rings (SSSR count). The van der Waals surface area contributed by atoms with Crippen LogP contribution < -0.4 is 5.73 Å². The van der Waals surface area contributed by atoms with E-state index in [2.05, 4.69) is 15.9 Å². The number of halogens is 2. The fourth-order valence-corrected chi connectivity index (χ4v) is 2.71. The van der Waals surface area contributed by atoms with Gasteiger partial charge in [0.15, 0.2) is 0 Å². The predicted molar refractivity (Wildman–Crippen MR) is 59.8 cm³/mol. The summed E-state index contributed by atoms with van der Waals surface area (Å²) < 4.78 is 22.8. The van der Waals surface area contributed by atoms with Crippen LogP contribution in [0.15, 0.2) is 21.5 Å². The van der Waals surface area contributed by atoms with Crippen molar-refractivity contribution in [3.05, 3.63) is 27.7 Å². The Morgan fingerprint density at radius 3 is 2.53 bits per heavy atom. The maximum absolute atomic E-state index is 11.1. The molecule has 0 radical (unpaired) electrons. The van der Waals surface area contributed by atoms with Crippen molar-refractivity contribution in [1.82, 2.24) is 0 Å². The van der Waals surface area contributed by atoms with E-state index in [4.69, 9.17) is 21.7 Å². The quantitative estimate of drug-likeness (QED) is 0.843. The Balaban J connectivity index is 3.57. The first-order chi connectivity index (χ1) is 6.90. The lowest BCUT2D eigenvalue weighted by Gasteiger charge is -2.05. The highest BCUT2D eigenvalue weighted by Gasteiger charge is 2.17. The SMILES string of the molecule is N#Cc1cc(CN)c(Br)cc1S(=O)(=O)Cl. The van der Waals surface area contributed by atoms with E-state index in [9.17, 15) is 8.42 Å². The van der Waals surface area contributed by atoms with E-state index < -0.39 is 9.05 Å². The van der Waals surface area contributed by atoms with Crippen LogP contribution in [0.3, 0.4) is 0 Å². The first-order valence-electron chi connectivity index (χ1n) is 3.77. The molecular weight excluding hydrogens is 304 g/mol. The zero-order chi connectivity index (χ0) is 11.6. The monoisotopic (exact) mass is 308 g/mol. The number of rotatable bonds is 2. The van der Waals surface area contributed by atoms with E-state index in [0.29, 0.717) is 10.0 Å². The molecule has 0 fully saturated rings. The van der Waals surface area contributed by atoms with Crippen LogP contribution in [0.4, 0.5) is 0 Å². The van der Waals surface area contributed by atoms with Crippen molar-refractivity contribution < 1.29 is 8.42 Å². The zero-order valence-corrected chi connectivity index (χ0v) is 10.5. The highest BCUT2D eigenvalue weighted by atomic mass is 79.9. The lowest BCUT2D eigenvalue weighted by Crippen LogP contribution is -2.02. The van der Waals surface area contributed by atoms with Crippen molar-refractivity contribution in [2.45, 2.75) is 11.4 Å². The average molecular weight is 310 g/mol. The van der Waals surface area contributed by atoms with Gasteiger partial charge in [0.2, 0.25) is 0 Å². The lowest BCUT2D eigenvalue weighted by molar-refractivity contribution is 0.609. The van der Waals surface area contributed by atoms with Crippen molar-refractivity contribution in [2.75, 3.05) is 0 Å². The summed E-state index contributed by atoms with van der Waals surface area (Å²) in [7, 11) is 1.26. The van der Waals surface area contributed by atoms with Gasteiger partial charge in [0.1, 0.15) is 11.0 Å². The average Bonchev–Trinajstić information content (AvgIpc) is 2.16. The maximum Gasteiger partial charge on any atom is 0.262 e. The highest BCUT2D eigenvalue weighted by Crippen LogP contribution is 2.27. The Morgan fingerprint density at radius 2 is 2.13 bits per heavy atom. The van der Waals surface area contributed by atoms with Gasteiger partial charge in [0, 0.05) is 21.7 Å². The summed E-state index contributed by atoms with van der Waals surface area (Å²) in [6, 6.07) is 4.45. The minimum absolute atomic E-state index is 0.00588. The number of hydrogen-bond acceptors (Lipinski definition) is 4. The first-order valence-corrected chi connectivity index (χ1v) is 6.87. The van der Waals surface area contributed by atoms with Crippen LogP contribution >= 0.6 is 26.6 Å². The lowest BCUT2D eigenvalue weighted by atomic mass is 10.1. The Bertz CT molecular complexity index is 536. The second-order valence-corrected chi connectivity index (χ2v) is 6.08. The van der Waals surface area contributed by atoms with Gasteiger partial charge < -0.3 is 5.73 Å². The third-order valence-corrected chi connectivity index (χ3v) is 3.85. The summed E-state index contributed by atoms with van der Waals surface area (Å²) in [5, 5.41) is 8.76. The molecule has 0 atom stereocenters. The largest absolute Gasteiger partial charge is 0.326 e. The van der Waals surface area contributed by atoms with Crippen LogP contribution in [0.2, 0.25) is 0 Å². The van der Waals surface area contributed by atoms with Gasteiger partial charge in [-0.15, -0.1) is 0 Å². The van der Waals surface area contributed by atoms with Gasteiger partial charge >= 0.3 is 0 Å². The summed E-state index contributed by atoms with van der Waals surface area (Å²) >= 11 is 3.15. The molecule has 0 aromatic heterocycles. The number of benzene rings is 1. The van der Waals surface area contributed by atoms with Gasteiger partial charge in [0.25, 0.3) is 9.05 Å². The number of hydrogen-bond donors (Lipinski definition) is 1. The Hall–Kier alpha value is -0.610. The molecule has 80 valence electrons. The van der Waals surface area contributed by atoms with Gasteiger partial charge in [-0.3, -0.25) is 0 Å². The van der Waals surface area contributed by atoms with Crippen molar-refractivity contribution >= 4 is 35.7 Å². The normalized spacial score (nSPS) is 11.1. The number of nitrogens with zero attached hydrogens (tertiary/aromatic N) is 1. The van der Waals surface area contributed by atoms with E-state index in [1.54, 1.807) is 6.07 Å². The van der Waals surface area contributed by atoms with Crippen molar-refractivity contribution in [3.63, 3.8) is 0 Å². The Kier molecular flexibility index (Phi) is 3.73. The van der Waals surface area contributed by atoms with Gasteiger partial charge in [0.05, 0.1) is 5.56 Å². The fraction of sp³-hybridized carbons (Fsp3) is 0.125. The van der Waals surface area contributed by atoms with Gasteiger partial charge in [-0.1, -0.05) is 15.9 Å². The first kappa shape index (κ1) is 12.5. The van der Waals surface area contributed by atoms with Crippen LogP contribution in [-0.4, -0.2) is 8.42 Å². The summed E-state index contributed by atoms with van der Waals surface area (Å²) in [5.41, 5.74) is 6.05.